The van der Waals surface area contributed by atoms with Gasteiger partial charge in [-0.25, -0.2) is 4.79 Å². The SMILES string of the molecule is COc1ccc(NC(=O)COC(=O)c2ccc(OC(F)(F)F)cc2)c(OC)c1. The van der Waals surface area contributed by atoms with E-state index in [-0.39, 0.29) is 5.56 Å². The van der Waals surface area contributed by atoms with Gasteiger partial charge in [-0.1, -0.05) is 0 Å². The highest BCUT2D eigenvalue weighted by Crippen LogP contribution is 2.29. The Hall–Kier alpha value is -3.43. The average Bonchev–Trinajstić information content (AvgIpc) is 2.65. The summed E-state index contributed by atoms with van der Waals surface area (Å²) in [6.07, 6.45) is -4.83. The van der Waals surface area contributed by atoms with Crippen molar-refractivity contribution in [2.45, 2.75) is 6.36 Å². The third-order valence-electron chi connectivity index (χ3n) is 3.34. The van der Waals surface area contributed by atoms with Crippen LogP contribution in [0.4, 0.5) is 18.9 Å². The second-order valence-corrected chi connectivity index (χ2v) is 5.26. The predicted molar refractivity (Wildman–Crippen MR) is 91.6 cm³/mol. The Balaban J connectivity index is 1.91. The number of carbonyl (C=O) groups excluding carboxylic acids is 2. The molecule has 7 nitrogen and oxygen atoms in total. The molecule has 150 valence electrons. The number of amides is 1. The molecule has 10 heteroatoms. The Morgan fingerprint density at radius 3 is 2.18 bits per heavy atom. The van der Waals surface area contributed by atoms with Crippen molar-refractivity contribution < 1.29 is 41.7 Å². The van der Waals surface area contributed by atoms with Gasteiger partial charge in [0, 0.05) is 6.07 Å². The first-order valence-corrected chi connectivity index (χ1v) is 7.76. The van der Waals surface area contributed by atoms with Gasteiger partial charge < -0.3 is 24.3 Å². The second-order valence-electron chi connectivity index (χ2n) is 5.26. The number of benzene rings is 2. The molecule has 0 spiro atoms. The van der Waals surface area contributed by atoms with Crippen LogP contribution < -0.4 is 19.5 Å². The van der Waals surface area contributed by atoms with E-state index < -0.39 is 30.6 Å². The molecule has 2 aromatic rings. The molecule has 0 atom stereocenters. The van der Waals surface area contributed by atoms with E-state index in [2.05, 4.69) is 10.1 Å². The minimum absolute atomic E-state index is 0.0376. The van der Waals surface area contributed by atoms with Gasteiger partial charge in [-0.05, 0) is 36.4 Å². The fourth-order valence-electron chi connectivity index (χ4n) is 2.10. The van der Waals surface area contributed by atoms with Gasteiger partial charge in [-0.3, -0.25) is 4.79 Å². The zero-order valence-corrected chi connectivity index (χ0v) is 14.8. The van der Waals surface area contributed by atoms with Crippen LogP contribution in [0.25, 0.3) is 0 Å². The number of nitrogens with one attached hydrogen (secondary N) is 1. The largest absolute Gasteiger partial charge is 0.573 e. The summed E-state index contributed by atoms with van der Waals surface area (Å²) in [7, 11) is 2.89. The molecule has 0 saturated carbocycles. The first-order chi connectivity index (χ1) is 13.2. The maximum absolute atomic E-state index is 12.1. The minimum atomic E-state index is -4.83. The Labute approximate surface area is 158 Å². The Kier molecular flexibility index (Phi) is 6.69. The smallest absolute Gasteiger partial charge is 0.497 e. The van der Waals surface area contributed by atoms with Gasteiger partial charge >= 0.3 is 12.3 Å². The van der Waals surface area contributed by atoms with Gasteiger partial charge in [0.25, 0.3) is 5.91 Å². The Morgan fingerprint density at radius 1 is 0.964 bits per heavy atom. The van der Waals surface area contributed by atoms with Gasteiger partial charge in [0.05, 0.1) is 25.5 Å². The van der Waals surface area contributed by atoms with Gasteiger partial charge in [0.15, 0.2) is 6.61 Å². The number of rotatable bonds is 7. The highest BCUT2D eigenvalue weighted by molar-refractivity contribution is 5.96. The van der Waals surface area contributed by atoms with Crippen LogP contribution in [0.15, 0.2) is 42.5 Å². The molecule has 0 aliphatic rings. The lowest BCUT2D eigenvalue weighted by Gasteiger charge is -2.12. The van der Waals surface area contributed by atoms with Crippen LogP contribution in [0.2, 0.25) is 0 Å². The molecule has 1 N–H and O–H groups in total. The number of esters is 1. The van der Waals surface area contributed by atoms with Crippen LogP contribution in [0.1, 0.15) is 10.4 Å². The van der Waals surface area contributed by atoms with E-state index >= 15 is 0 Å². The zero-order valence-electron chi connectivity index (χ0n) is 14.8. The first-order valence-electron chi connectivity index (χ1n) is 7.76. The van der Waals surface area contributed by atoms with Crippen molar-refractivity contribution >= 4 is 17.6 Å². The number of hydrogen-bond acceptors (Lipinski definition) is 6. The number of anilines is 1. The van der Waals surface area contributed by atoms with E-state index in [1.54, 1.807) is 18.2 Å². The summed E-state index contributed by atoms with van der Waals surface area (Å²) in [5, 5.41) is 2.51. The number of alkyl halides is 3. The maximum atomic E-state index is 12.1. The Bertz CT molecular complexity index is 836. The van der Waals surface area contributed by atoms with E-state index in [0.29, 0.717) is 17.2 Å². The second kappa shape index (κ2) is 8.98. The van der Waals surface area contributed by atoms with E-state index in [1.165, 1.54) is 14.2 Å². The molecule has 0 radical (unpaired) electrons. The van der Waals surface area contributed by atoms with Crippen molar-refractivity contribution in [3.05, 3.63) is 48.0 Å². The number of ether oxygens (including phenoxy) is 4. The summed E-state index contributed by atoms with van der Waals surface area (Å²) in [5.41, 5.74) is 0.308. The average molecular weight is 399 g/mol. The van der Waals surface area contributed by atoms with E-state index in [4.69, 9.17) is 14.2 Å². The highest BCUT2D eigenvalue weighted by Gasteiger charge is 2.31. The van der Waals surface area contributed by atoms with Gasteiger partial charge in [0.2, 0.25) is 0 Å². The minimum Gasteiger partial charge on any atom is -0.497 e. The summed E-state index contributed by atoms with van der Waals surface area (Å²) < 4.78 is 55.1. The number of methoxy groups -OCH3 is 2. The molecule has 28 heavy (non-hydrogen) atoms. The molecule has 0 fully saturated rings. The van der Waals surface area contributed by atoms with Crippen molar-refractivity contribution in [1.82, 2.24) is 0 Å². The quantitative estimate of drug-likeness (QED) is 0.719. The zero-order chi connectivity index (χ0) is 20.7. The van der Waals surface area contributed by atoms with Crippen molar-refractivity contribution in [2.75, 3.05) is 26.1 Å². The molecular weight excluding hydrogens is 383 g/mol. The molecule has 0 aliphatic carbocycles. The van der Waals surface area contributed by atoms with E-state index in [0.717, 1.165) is 24.3 Å². The fraction of sp³-hybridized carbons (Fsp3) is 0.222. The van der Waals surface area contributed by atoms with Crippen LogP contribution in [0.3, 0.4) is 0 Å². The summed E-state index contributed by atoms with van der Waals surface area (Å²) in [6, 6.07) is 8.83. The Morgan fingerprint density at radius 2 is 1.61 bits per heavy atom. The van der Waals surface area contributed by atoms with Gasteiger partial charge in [-0.2, -0.15) is 0 Å². The predicted octanol–water partition coefficient (Wildman–Crippen LogP) is 3.40. The van der Waals surface area contributed by atoms with Crippen molar-refractivity contribution in [3.8, 4) is 17.2 Å². The molecule has 1 amide bonds. The highest BCUT2D eigenvalue weighted by atomic mass is 19.4. The van der Waals surface area contributed by atoms with Crippen LogP contribution >= 0.6 is 0 Å². The van der Waals surface area contributed by atoms with Gasteiger partial charge in [0.1, 0.15) is 17.2 Å². The molecule has 0 aliphatic heterocycles. The van der Waals surface area contributed by atoms with E-state index in [9.17, 15) is 22.8 Å². The van der Waals surface area contributed by atoms with Crippen LogP contribution in [0.5, 0.6) is 17.2 Å². The van der Waals surface area contributed by atoms with Crippen molar-refractivity contribution in [3.63, 3.8) is 0 Å². The van der Waals surface area contributed by atoms with Gasteiger partial charge in [-0.15, -0.1) is 13.2 Å². The summed E-state index contributed by atoms with van der Waals surface area (Å²) >= 11 is 0. The lowest BCUT2D eigenvalue weighted by atomic mass is 10.2. The van der Waals surface area contributed by atoms with Crippen LogP contribution in [0, 0.1) is 0 Å². The topological polar surface area (TPSA) is 83.1 Å². The third-order valence-corrected chi connectivity index (χ3v) is 3.34. The molecular formula is C18H16F3NO6. The monoisotopic (exact) mass is 399 g/mol. The number of carbonyl (C=O) groups is 2. The first kappa shape index (κ1) is 20.9. The van der Waals surface area contributed by atoms with E-state index in [1.807, 2.05) is 0 Å². The number of hydrogen-bond donors (Lipinski definition) is 1. The van der Waals surface area contributed by atoms with Crippen molar-refractivity contribution in [1.29, 1.82) is 0 Å². The molecule has 0 saturated heterocycles. The van der Waals surface area contributed by atoms with Crippen LogP contribution in [-0.4, -0.2) is 39.1 Å². The maximum Gasteiger partial charge on any atom is 0.573 e. The molecule has 0 heterocycles. The molecule has 2 rings (SSSR count). The molecule has 0 bridgehead atoms. The third kappa shape index (κ3) is 6.08. The summed E-state index contributed by atoms with van der Waals surface area (Å²) in [5.74, 6) is -1.11. The fourth-order valence-corrected chi connectivity index (χ4v) is 2.10. The summed E-state index contributed by atoms with van der Waals surface area (Å²) in [4.78, 5) is 23.9. The van der Waals surface area contributed by atoms with Crippen molar-refractivity contribution in [2.24, 2.45) is 0 Å². The molecule has 2 aromatic carbocycles. The lowest BCUT2D eigenvalue weighted by molar-refractivity contribution is -0.274. The summed E-state index contributed by atoms with van der Waals surface area (Å²) in [6.45, 7) is -0.602. The number of halogens is 3. The standard InChI is InChI=1S/C18H16F3NO6/c1-25-13-7-8-14(15(9-13)26-2)22-16(23)10-27-17(24)11-3-5-12(6-4-11)28-18(19,20)21/h3-9H,10H2,1-2H3,(H,22,23). The van der Waals surface area contributed by atoms with Crippen LogP contribution in [-0.2, 0) is 9.53 Å². The molecule has 0 unspecified atom stereocenters. The molecule has 0 aromatic heterocycles. The lowest BCUT2D eigenvalue weighted by Crippen LogP contribution is -2.21. The normalized spacial score (nSPS) is 10.8.